The minimum Gasteiger partial charge on any atom is -0.322 e. The maximum absolute atomic E-state index is 12.7. The van der Waals surface area contributed by atoms with Gasteiger partial charge in [0, 0.05) is 6.04 Å². The smallest absolute Gasteiger partial charge is 0.241 e. The van der Waals surface area contributed by atoms with Gasteiger partial charge >= 0.3 is 0 Å². The standard InChI is InChI=1S/C15H28N2O3S/c1-4-6-14-16-13(9-11(2)3)15(18)17(14)12-7-5-8-21(19,20)10-12/h11-14,16H,4-10H2,1-3H3. The summed E-state index contributed by atoms with van der Waals surface area (Å²) < 4.78 is 23.8. The number of sulfone groups is 1. The summed E-state index contributed by atoms with van der Waals surface area (Å²) in [6.45, 7) is 6.31. The molecule has 2 aliphatic rings. The minimum absolute atomic E-state index is 0.00421. The second-order valence-electron chi connectivity index (χ2n) is 6.81. The molecule has 2 saturated heterocycles. The highest BCUT2D eigenvalue weighted by molar-refractivity contribution is 7.91. The quantitative estimate of drug-likeness (QED) is 0.835. The highest BCUT2D eigenvalue weighted by Gasteiger charge is 2.43. The average molecular weight is 316 g/mol. The molecule has 0 saturated carbocycles. The number of carbonyl (C=O) groups is 1. The number of amides is 1. The topological polar surface area (TPSA) is 66.5 Å². The van der Waals surface area contributed by atoms with E-state index in [4.69, 9.17) is 0 Å². The highest BCUT2D eigenvalue weighted by Crippen LogP contribution is 2.27. The van der Waals surface area contributed by atoms with E-state index in [1.807, 2.05) is 4.90 Å². The van der Waals surface area contributed by atoms with Crippen molar-refractivity contribution in [2.45, 2.75) is 71.1 Å². The van der Waals surface area contributed by atoms with E-state index in [0.29, 0.717) is 12.3 Å². The molecular formula is C15H28N2O3S. The van der Waals surface area contributed by atoms with E-state index < -0.39 is 9.84 Å². The molecule has 0 bridgehead atoms. The zero-order valence-corrected chi connectivity index (χ0v) is 14.2. The van der Waals surface area contributed by atoms with Crippen molar-refractivity contribution in [3.05, 3.63) is 0 Å². The van der Waals surface area contributed by atoms with Crippen molar-refractivity contribution >= 4 is 15.7 Å². The van der Waals surface area contributed by atoms with E-state index in [0.717, 1.165) is 25.7 Å². The van der Waals surface area contributed by atoms with Crippen LogP contribution in [0.5, 0.6) is 0 Å². The fourth-order valence-electron chi connectivity index (χ4n) is 3.51. The van der Waals surface area contributed by atoms with Gasteiger partial charge in [0.1, 0.15) is 0 Å². The lowest BCUT2D eigenvalue weighted by atomic mass is 10.0. The van der Waals surface area contributed by atoms with Crippen molar-refractivity contribution in [1.29, 1.82) is 0 Å². The van der Waals surface area contributed by atoms with Crippen LogP contribution in [0.2, 0.25) is 0 Å². The lowest BCUT2D eigenvalue weighted by Gasteiger charge is -2.34. The molecule has 21 heavy (non-hydrogen) atoms. The lowest BCUT2D eigenvalue weighted by molar-refractivity contribution is -0.132. The van der Waals surface area contributed by atoms with Crippen LogP contribution in [0.3, 0.4) is 0 Å². The fraction of sp³-hybridized carbons (Fsp3) is 0.933. The highest BCUT2D eigenvalue weighted by atomic mass is 32.2. The molecule has 2 rings (SSSR count). The van der Waals surface area contributed by atoms with E-state index in [1.165, 1.54) is 0 Å². The third-order valence-corrected chi connectivity index (χ3v) is 6.19. The monoisotopic (exact) mass is 316 g/mol. The Hall–Kier alpha value is -0.620. The largest absolute Gasteiger partial charge is 0.322 e. The second-order valence-corrected chi connectivity index (χ2v) is 9.04. The van der Waals surface area contributed by atoms with Gasteiger partial charge in [0.05, 0.1) is 23.7 Å². The molecular weight excluding hydrogens is 288 g/mol. The number of nitrogens with one attached hydrogen (secondary N) is 1. The van der Waals surface area contributed by atoms with Crippen molar-refractivity contribution in [1.82, 2.24) is 10.2 Å². The third kappa shape index (κ3) is 3.97. The number of hydrogen-bond donors (Lipinski definition) is 1. The average Bonchev–Trinajstić information content (AvgIpc) is 2.64. The first kappa shape index (κ1) is 16.7. The molecule has 2 fully saturated rings. The van der Waals surface area contributed by atoms with Crippen LogP contribution >= 0.6 is 0 Å². The molecule has 2 aliphatic heterocycles. The van der Waals surface area contributed by atoms with Gasteiger partial charge < -0.3 is 4.90 Å². The molecule has 0 aromatic rings. The molecule has 0 spiro atoms. The molecule has 2 heterocycles. The second kappa shape index (κ2) is 6.65. The van der Waals surface area contributed by atoms with Gasteiger partial charge in [0.2, 0.25) is 5.91 Å². The molecule has 0 aliphatic carbocycles. The zero-order valence-electron chi connectivity index (χ0n) is 13.3. The van der Waals surface area contributed by atoms with Crippen molar-refractivity contribution in [3.63, 3.8) is 0 Å². The van der Waals surface area contributed by atoms with Crippen LogP contribution in [0.25, 0.3) is 0 Å². The van der Waals surface area contributed by atoms with Gasteiger partial charge in [-0.1, -0.05) is 27.2 Å². The summed E-state index contributed by atoms with van der Waals surface area (Å²) in [4.78, 5) is 14.6. The van der Waals surface area contributed by atoms with E-state index in [-0.39, 0.29) is 35.7 Å². The van der Waals surface area contributed by atoms with Crippen molar-refractivity contribution in [2.75, 3.05) is 11.5 Å². The fourth-order valence-corrected chi connectivity index (χ4v) is 5.19. The predicted octanol–water partition coefficient (Wildman–Crippen LogP) is 1.54. The van der Waals surface area contributed by atoms with Gasteiger partial charge in [-0.2, -0.15) is 0 Å². The van der Waals surface area contributed by atoms with Gasteiger partial charge in [-0.25, -0.2) is 8.42 Å². The minimum atomic E-state index is -2.99. The van der Waals surface area contributed by atoms with E-state index in [9.17, 15) is 13.2 Å². The molecule has 0 radical (unpaired) electrons. The molecule has 3 atom stereocenters. The molecule has 6 heteroatoms. The summed E-state index contributed by atoms with van der Waals surface area (Å²) in [5, 5.41) is 3.43. The lowest BCUT2D eigenvalue weighted by Crippen LogP contribution is -2.49. The van der Waals surface area contributed by atoms with Crippen LogP contribution in [-0.4, -0.2) is 49.0 Å². The molecule has 1 N–H and O–H groups in total. The van der Waals surface area contributed by atoms with Gasteiger partial charge in [-0.05, 0) is 31.6 Å². The van der Waals surface area contributed by atoms with Crippen molar-refractivity contribution < 1.29 is 13.2 Å². The van der Waals surface area contributed by atoms with Gasteiger partial charge in [0.25, 0.3) is 0 Å². The van der Waals surface area contributed by atoms with Crippen LogP contribution < -0.4 is 5.32 Å². The first-order chi connectivity index (χ1) is 9.84. The number of hydrogen-bond acceptors (Lipinski definition) is 4. The van der Waals surface area contributed by atoms with Gasteiger partial charge in [-0.15, -0.1) is 0 Å². The molecule has 0 aromatic carbocycles. The summed E-state index contributed by atoms with van der Waals surface area (Å²) in [5.41, 5.74) is 0. The molecule has 0 aromatic heterocycles. The Morgan fingerprint density at radius 3 is 2.67 bits per heavy atom. The zero-order chi connectivity index (χ0) is 15.6. The number of nitrogens with zero attached hydrogens (tertiary/aromatic N) is 1. The summed E-state index contributed by atoms with van der Waals surface area (Å²) >= 11 is 0. The van der Waals surface area contributed by atoms with Gasteiger partial charge in [-0.3, -0.25) is 10.1 Å². The molecule has 1 amide bonds. The van der Waals surface area contributed by atoms with Crippen LogP contribution in [0.1, 0.15) is 52.9 Å². The van der Waals surface area contributed by atoms with Crippen molar-refractivity contribution in [2.24, 2.45) is 5.92 Å². The van der Waals surface area contributed by atoms with Crippen LogP contribution in [0, 0.1) is 5.92 Å². The molecule has 5 nitrogen and oxygen atoms in total. The Kier molecular flexibility index (Phi) is 5.30. The summed E-state index contributed by atoms with van der Waals surface area (Å²) in [6, 6.07) is -0.288. The Balaban J connectivity index is 2.15. The normalized spacial score (nSPS) is 32.9. The van der Waals surface area contributed by atoms with Crippen LogP contribution in [0.4, 0.5) is 0 Å². The SMILES string of the molecule is CCCC1NC(CC(C)C)C(=O)N1C1CCCS(=O)(=O)C1. The summed E-state index contributed by atoms with van der Waals surface area (Å²) in [6.07, 6.45) is 4.16. The maximum Gasteiger partial charge on any atom is 0.241 e. The third-order valence-electron chi connectivity index (χ3n) is 4.38. The van der Waals surface area contributed by atoms with Gasteiger partial charge in [0.15, 0.2) is 9.84 Å². The maximum atomic E-state index is 12.7. The number of rotatable bonds is 5. The molecule has 122 valence electrons. The van der Waals surface area contributed by atoms with Crippen LogP contribution in [0.15, 0.2) is 0 Å². The Morgan fingerprint density at radius 2 is 2.10 bits per heavy atom. The van der Waals surface area contributed by atoms with Crippen molar-refractivity contribution in [3.8, 4) is 0 Å². The van der Waals surface area contributed by atoms with E-state index in [1.54, 1.807) is 0 Å². The summed E-state index contributed by atoms with van der Waals surface area (Å²) in [7, 11) is -2.99. The van der Waals surface area contributed by atoms with Crippen LogP contribution in [-0.2, 0) is 14.6 Å². The Morgan fingerprint density at radius 1 is 1.38 bits per heavy atom. The number of carbonyl (C=O) groups excluding carboxylic acids is 1. The van der Waals surface area contributed by atoms with E-state index in [2.05, 4.69) is 26.1 Å². The first-order valence-electron chi connectivity index (χ1n) is 8.12. The summed E-state index contributed by atoms with van der Waals surface area (Å²) in [5.74, 6) is 0.954. The Bertz CT molecular complexity index is 475. The first-order valence-corrected chi connectivity index (χ1v) is 9.95. The Labute approximate surface area is 128 Å². The van der Waals surface area contributed by atoms with E-state index >= 15 is 0 Å². The predicted molar refractivity (Wildman–Crippen MR) is 83.6 cm³/mol. The molecule has 3 unspecified atom stereocenters.